The third-order valence-electron chi connectivity index (χ3n) is 4.26. The zero-order valence-electron chi connectivity index (χ0n) is 13.9. The van der Waals surface area contributed by atoms with Gasteiger partial charge >= 0.3 is 6.03 Å². The van der Waals surface area contributed by atoms with E-state index in [1.165, 1.54) is 5.56 Å². The SMILES string of the molecule is Cc1ccccc1CNC(=O)NCCCN1CCCCCC1=O. The van der Waals surface area contributed by atoms with Gasteiger partial charge in [-0.1, -0.05) is 30.7 Å². The Morgan fingerprint density at radius 3 is 2.83 bits per heavy atom. The Balaban J connectivity index is 1.61. The minimum absolute atomic E-state index is 0.157. The summed E-state index contributed by atoms with van der Waals surface area (Å²) in [4.78, 5) is 25.6. The highest BCUT2D eigenvalue weighted by atomic mass is 16.2. The molecule has 5 nitrogen and oxygen atoms in total. The average molecular weight is 317 g/mol. The number of rotatable bonds is 6. The number of carbonyl (C=O) groups is 2. The molecule has 1 aliphatic rings. The summed E-state index contributed by atoms with van der Waals surface area (Å²) in [6, 6.07) is 7.85. The van der Waals surface area contributed by atoms with Crippen LogP contribution >= 0.6 is 0 Å². The van der Waals surface area contributed by atoms with E-state index in [0.717, 1.165) is 44.3 Å². The lowest BCUT2D eigenvalue weighted by atomic mass is 10.1. The average Bonchev–Trinajstić information content (AvgIpc) is 2.75. The summed E-state index contributed by atoms with van der Waals surface area (Å²) in [5, 5.41) is 5.72. The van der Waals surface area contributed by atoms with Gasteiger partial charge < -0.3 is 15.5 Å². The molecule has 1 fully saturated rings. The summed E-state index contributed by atoms with van der Waals surface area (Å²) in [7, 11) is 0. The maximum atomic E-state index is 11.9. The third-order valence-corrected chi connectivity index (χ3v) is 4.26. The van der Waals surface area contributed by atoms with Crippen molar-refractivity contribution in [3.05, 3.63) is 35.4 Å². The fraction of sp³-hybridized carbons (Fsp3) is 0.556. The summed E-state index contributed by atoms with van der Waals surface area (Å²) < 4.78 is 0. The van der Waals surface area contributed by atoms with Crippen molar-refractivity contribution in [1.82, 2.24) is 15.5 Å². The molecule has 0 spiro atoms. The van der Waals surface area contributed by atoms with Crippen molar-refractivity contribution >= 4 is 11.9 Å². The first-order valence-corrected chi connectivity index (χ1v) is 8.51. The molecule has 1 aliphatic heterocycles. The number of carbonyl (C=O) groups excluding carboxylic acids is 2. The normalized spacial score (nSPS) is 15.2. The van der Waals surface area contributed by atoms with Gasteiger partial charge in [-0.25, -0.2) is 4.79 Å². The molecule has 1 heterocycles. The van der Waals surface area contributed by atoms with Gasteiger partial charge in [-0.05, 0) is 37.3 Å². The lowest BCUT2D eigenvalue weighted by Crippen LogP contribution is -2.38. The number of amides is 3. The lowest BCUT2D eigenvalue weighted by Gasteiger charge is -2.20. The predicted molar refractivity (Wildman–Crippen MR) is 91.1 cm³/mol. The molecule has 2 N–H and O–H groups in total. The third kappa shape index (κ3) is 5.93. The number of hydrogen-bond acceptors (Lipinski definition) is 2. The molecule has 3 amide bonds. The van der Waals surface area contributed by atoms with Crippen molar-refractivity contribution < 1.29 is 9.59 Å². The molecule has 0 bridgehead atoms. The number of nitrogens with zero attached hydrogens (tertiary/aromatic N) is 1. The van der Waals surface area contributed by atoms with Crippen molar-refractivity contribution in [1.29, 1.82) is 0 Å². The number of urea groups is 1. The number of hydrogen-bond donors (Lipinski definition) is 2. The summed E-state index contributed by atoms with van der Waals surface area (Å²) >= 11 is 0. The van der Waals surface area contributed by atoms with Gasteiger partial charge in [0.1, 0.15) is 0 Å². The zero-order chi connectivity index (χ0) is 16.5. The molecule has 0 unspecified atom stereocenters. The maximum absolute atomic E-state index is 11.9. The van der Waals surface area contributed by atoms with E-state index < -0.39 is 0 Å². The molecule has 0 aromatic heterocycles. The van der Waals surface area contributed by atoms with Crippen molar-refractivity contribution in [2.24, 2.45) is 0 Å². The van der Waals surface area contributed by atoms with Gasteiger partial charge in [-0.2, -0.15) is 0 Å². The fourth-order valence-corrected chi connectivity index (χ4v) is 2.79. The number of nitrogens with one attached hydrogen (secondary N) is 2. The lowest BCUT2D eigenvalue weighted by molar-refractivity contribution is -0.130. The van der Waals surface area contributed by atoms with Crippen LogP contribution in [0.1, 0.15) is 43.2 Å². The molecule has 0 atom stereocenters. The first-order valence-electron chi connectivity index (χ1n) is 8.51. The first kappa shape index (κ1) is 17.3. The first-order chi connectivity index (χ1) is 11.2. The van der Waals surface area contributed by atoms with Crippen LogP contribution in [0.4, 0.5) is 4.79 Å². The number of aryl methyl sites for hydroxylation is 1. The van der Waals surface area contributed by atoms with E-state index in [0.29, 0.717) is 19.5 Å². The molecule has 1 aromatic carbocycles. The Bertz CT molecular complexity index is 531. The molecule has 23 heavy (non-hydrogen) atoms. The number of benzene rings is 1. The molecular weight excluding hydrogens is 290 g/mol. The molecule has 1 aromatic rings. The van der Waals surface area contributed by atoms with Crippen LogP contribution in [0.2, 0.25) is 0 Å². The Morgan fingerprint density at radius 1 is 1.17 bits per heavy atom. The minimum atomic E-state index is -0.157. The van der Waals surface area contributed by atoms with Crippen molar-refractivity contribution in [3.8, 4) is 0 Å². The largest absolute Gasteiger partial charge is 0.343 e. The van der Waals surface area contributed by atoms with Gasteiger partial charge in [0.05, 0.1) is 0 Å². The highest BCUT2D eigenvalue weighted by Crippen LogP contribution is 2.11. The van der Waals surface area contributed by atoms with Crippen molar-refractivity contribution in [2.45, 2.75) is 45.6 Å². The summed E-state index contributed by atoms with van der Waals surface area (Å²) in [5.41, 5.74) is 2.30. The molecule has 0 radical (unpaired) electrons. The van der Waals surface area contributed by atoms with Crippen LogP contribution in [0, 0.1) is 6.92 Å². The van der Waals surface area contributed by atoms with Crippen LogP contribution in [-0.2, 0) is 11.3 Å². The van der Waals surface area contributed by atoms with E-state index in [-0.39, 0.29) is 11.9 Å². The Kier molecular flexibility index (Phi) is 6.91. The molecule has 5 heteroatoms. The van der Waals surface area contributed by atoms with E-state index in [4.69, 9.17) is 0 Å². The Hall–Kier alpha value is -2.04. The van der Waals surface area contributed by atoms with Crippen LogP contribution < -0.4 is 10.6 Å². The highest BCUT2D eigenvalue weighted by molar-refractivity contribution is 5.76. The van der Waals surface area contributed by atoms with Crippen LogP contribution in [-0.4, -0.2) is 36.5 Å². The van der Waals surface area contributed by atoms with Crippen LogP contribution in [0.15, 0.2) is 24.3 Å². The smallest absolute Gasteiger partial charge is 0.315 e. The molecule has 0 aliphatic carbocycles. The zero-order valence-corrected chi connectivity index (χ0v) is 13.9. The second kappa shape index (κ2) is 9.18. The van der Waals surface area contributed by atoms with Crippen molar-refractivity contribution in [2.75, 3.05) is 19.6 Å². The van der Waals surface area contributed by atoms with E-state index in [9.17, 15) is 9.59 Å². The van der Waals surface area contributed by atoms with Gasteiger partial charge in [-0.15, -0.1) is 0 Å². The minimum Gasteiger partial charge on any atom is -0.343 e. The Labute approximate surface area is 138 Å². The molecular formula is C18H27N3O2. The van der Waals surface area contributed by atoms with Crippen LogP contribution in [0.5, 0.6) is 0 Å². The molecule has 1 saturated heterocycles. The Morgan fingerprint density at radius 2 is 2.00 bits per heavy atom. The van der Waals surface area contributed by atoms with E-state index in [1.54, 1.807) is 0 Å². The highest BCUT2D eigenvalue weighted by Gasteiger charge is 2.15. The standard InChI is InChI=1S/C18H27N3O2/c1-15-8-4-5-9-16(15)14-20-18(23)19-11-7-13-21-12-6-2-3-10-17(21)22/h4-5,8-9H,2-3,6-7,10-14H2,1H3,(H2,19,20,23). The summed E-state index contributed by atoms with van der Waals surface area (Å²) in [6.07, 6.45) is 4.71. The van der Waals surface area contributed by atoms with E-state index in [1.807, 2.05) is 36.1 Å². The maximum Gasteiger partial charge on any atom is 0.315 e. The van der Waals surface area contributed by atoms with Crippen LogP contribution in [0.25, 0.3) is 0 Å². The van der Waals surface area contributed by atoms with Gasteiger partial charge in [0, 0.05) is 32.6 Å². The van der Waals surface area contributed by atoms with Gasteiger partial charge in [0.25, 0.3) is 0 Å². The van der Waals surface area contributed by atoms with E-state index >= 15 is 0 Å². The molecule has 2 rings (SSSR count). The fourth-order valence-electron chi connectivity index (χ4n) is 2.79. The summed E-state index contributed by atoms with van der Waals surface area (Å²) in [5.74, 6) is 0.256. The van der Waals surface area contributed by atoms with E-state index in [2.05, 4.69) is 10.6 Å². The van der Waals surface area contributed by atoms with Crippen molar-refractivity contribution in [3.63, 3.8) is 0 Å². The monoisotopic (exact) mass is 317 g/mol. The second-order valence-corrected chi connectivity index (χ2v) is 6.08. The quantitative estimate of drug-likeness (QED) is 0.792. The summed E-state index contributed by atoms with van der Waals surface area (Å²) in [6.45, 7) is 4.74. The number of likely N-dealkylation sites (tertiary alicyclic amines) is 1. The van der Waals surface area contributed by atoms with Crippen LogP contribution in [0.3, 0.4) is 0 Å². The topological polar surface area (TPSA) is 61.4 Å². The van der Waals surface area contributed by atoms with Gasteiger partial charge in [0.15, 0.2) is 0 Å². The molecule has 0 saturated carbocycles. The second-order valence-electron chi connectivity index (χ2n) is 6.08. The predicted octanol–water partition coefficient (Wildman–Crippen LogP) is 2.59. The van der Waals surface area contributed by atoms with Gasteiger partial charge in [0.2, 0.25) is 5.91 Å². The molecule has 126 valence electrons. The van der Waals surface area contributed by atoms with Gasteiger partial charge in [-0.3, -0.25) is 4.79 Å².